The Bertz CT molecular complexity index is 625. The zero-order valence-electron chi connectivity index (χ0n) is 12.4. The van der Waals surface area contributed by atoms with Crippen molar-refractivity contribution < 1.29 is 4.42 Å². The van der Waals surface area contributed by atoms with Gasteiger partial charge < -0.3 is 4.42 Å². The highest BCUT2D eigenvalue weighted by Crippen LogP contribution is 2.36. The van der Waals surface area contributed by atoms with Gasteiger partial charge in [-0.3, -0.25) is 4.57 Å². The molecule has 3 nitrogen and oxygen atoms in total. The predicted octanol–water partition coefficient (Wildman–Crippen LogP) is 4.88. The average molecular weight is 340 g/mol. The van der Waals surface area contributed by atoms with Crippen molar-refractivity contribution in [1.82, 2.24) is 4.57 Å². The number of aromatic nitrogens is 1. The van der Waals surface area contributed by atoms with Gasteiger partial charge in [0.1, 0.15) is 0 Å². The Labute approximate surface area is 128 Å². The molecule has 0 saturated carbocycles. The molecule has 0 aliphatic heterocycles. The lowest BCUT2D eigenvalue weighted by molar-refractivity contribution is 0.485. The molecule has 110 valence electrons. The Morgan fingerprint density at radius 1 is 1.25 bits per heavy atom. The summed E-state index contributed by atoms with van der Waals surface area (Å²) in [7, 11) is 0. The summed E-state index contributed by atoms with van der Waals surface area (Å²) in [5.41, 5.74) is 2.77. The first-order valence-corrected chi connectivity index (χ1v) is 8.31. The fourth-order valence-electron chi connectivity index (χ4n) is 2.66. The van der Waals surface area contributed by atoms with E-state index in [2.05, 4.69) is 42.8 Å². The molecule has 0 fully saturated rings. The van der Waals surface area contributed by atoms with Gasteiger partial charge in [0.15, 0.2) is 5.58 Å². The van der Waals surface area contributed by atoms with Crippen LogP contribution < -0.4 is 5.76 Å². The lowest BCUT2D eigenvalue weighted by Crippen LogP contribution is -2.13. The first-order chi connectivity index (χ1) is 9.62. The summed E-state index contributed by atoms with van der Waals surface area (Å²) in [6.07, 6.45) is 3.18. The number of nitrogens with zero attached hydrogens (tertiary/aromatic N) is 1. The van der Waals surface area contributed by atoms with Gasteiger partial charge in [-0.25, -0.2) is 4.79 Å². The molecule has 0 amide bonds. The second-order valence-corrected chi connectivity index (χ2v) is 6.21. The van der Waals surface area contributed by atoms with E-state index in [0.717, 1.165) is 24.8 Å². The number of halogens is 1. The van der Waals surface area contributed by atoms with Crippen molar-refractivity contribution in [2.75, 3.05) is 0 Å². The van der Waals surface area contributed by atoms with Gasteiger partial charge in [-0.05, 0) is 30.0 Å². The van der Waals surface area contributed by atoms with Crippen LogP contribution in [0.15, 0.2) is 27.4 Å². The van der Waals surface area contributed by atoms with Crippen LogP contribution in [0.3, 0.4) is 0 Å². The molecule has 1 aromatic carbocycles. The van der Waals surface area contributed by atoms with E-state index in [4.69, 9.17) is 4.42 Å². The summed E-state index contributed by atoms with van der Waals surface area (Å²) in [5, 5.41) is 0. The van der Waals surface area contributed by atoms with Crippen LogP contribution in [0.5, 0.6) is 0 Å². The topological polar surface area (TPSA) is 35.1 Å². The first-order valence-electron chi connectivity index (χ1n) is 7.39. The maximum Gasteiger partial charge on any atom is 0.419 e. The van der Waals surface area contributed by atoms with Crippen LogP contribution in [0, 0.1) is 5.92 Å². The molecule has 1 heterocycles. The van der Waals surface area contributed by atoms with Crippen molar-refractivity contribution in [2.24, 2.45) is 5.92 Å². The molecule has 0 radical (unpaired) electrons. The van der Waals surface area contributed by atoms with E-state index in [0.29, 0.717) is 22.9 Å². The van der Waals surface area contributed by atoms with Gasteiger partial charge in [-0.2, -0.15) is 0 Å². The smallest absolute Gasteiger partial charge is 0.408 e. The third-order valence-electron chi connectivity index (χ3n) is 3.92. The van der Waals surface area contributed by atoms with Gasteiger partial charge in [-0.15, -0.1) is 0 Å². The van der Waals surface area contributed by atoms with E-state index in [1.165, 1.54) is 5.56 Å². The third-order valence-corrected chi connectivity index (χ3v) is 5.20. The molecular formula is C16H22BrNO2. The van der Waals surface area contributed by atoms with Crippen LogP contribution in [-0.2, 0) is 6.54 Å². The lowest BCUT2D eigenvalue weighted by atomic mass is 9.94. The number of fused-ring (bicyclic) bond motifs is 1. The standard InChI is InChI=1S/C16H22BrNO2/c1-4-9-18-13-8-7-12(10-14(13)20-16(18)19)15(17)11(5-2)6-3/h7-8,10-11,15H,4-6,9H2,1-3H3. The van der Waals surface area contributed by atoms with E-state index in [1.54, 1.807) is 4.57 Å². The number of hydrogen-bond acceptors (Lipinski definition) is 2. The number of oxazole rings is 1. The van der Waals surface area contributed by atoms with E-state index in [1.807, 2.05) is 12.1 Å². The minimum absolute atomic E-state index is 0.257. The van der Waals surface area contributed by atoms with Crippen molar-refractivity contribution in [2.45, 2.75) is 51.4 Å². The van der Waals surface area contributed by atoms with Gasteiger partial charge in [-0.1, -0.05) is 55.6 Å². The average Bonchev–Trinajstić information content (AvgIpc) is 2.76. The SMILES string of the molecule is CCCn1c(=O)oc2cc(C(Br)C(CC)CC)ccc21. The second-order valence-electron chi connectivity index (χ2n) is 5.23. The highest BCUT2D eigenvalue weighted by Gasteiger charge is 2.19. The molecule has 2 aromatic rings. The molecular weight excluding hydrogens is 318 g/mol. The number of aryl methyl sites for hydroxylation is 1. The molecule has 1 aromatic heterocycles. The van der Waals surface area contributed by atoms with Crippen LogP contribution in [0.1, 0.15) is 50.4 Å². The molecule has 0 bridgehead atoms. The molecule has 4 heteroatoms. The van der Waals surface area contributed by atoms with Crippen LogP contribution in [0.2, 0.25) is 0 Å². The lowest BCUT2D eigenvalue weighted by Gasteiger charge is -2.19. The Hall–Kier alpha value is -1.03. The number of benzene rings is 1. The van der Waals surface area contributed by atoms with Crippen LogP contribution in [-0.4, -0.2) is 4.57 Å². The van der Waals surface area contributed by atoms with Gasteiger partial charge >= 0.3 is 5.76 Å². The summed E-state index contributed by atoms with van der Waals surface area (Å²) >= 11 is 3.79. The highest BCUT2D eigenvalue weighted by atomic mass is 79.9. The molecule has 1 atom stereocenters. The van der Waals surface area contributed by atoms with E-state index < -0.39 is 0 Å². The summed E-state index contributed by atoms with van der Waals surface area (Å²) < 4.78 is 7.08. The molecule has 0 saturated heterocycles. The van der Waals surface area contributed by atoms with Crippen LogP contribution in [0.4, 0.5) is 0 Å². The molecule has 2 rings (SSSR count). The first kappa shape index (κ1) is 15.4. The molecule has 0 spiro atoms. The quantitative estimate of drug-likeness (QED) is 0.703. The third kappa shape index (κ3) is 2.85. The Morgan fingerprint density at radius 3 is 2.55 bits per heavy atom. The molecule has 0 aliphatic carbocycles. The van der Waals surface area contributed by atoms with E-state index in [-0.39, 0.29) is 5.76 Å². The second kappa shape index (κ2) is 6.61. The van der Waals surface area contributed by atoms with Crippen molar-refractivity contribution >= 4 is 27.0 Å². The summed E-state index contributed by atoms with van der Waals surface area (Å²) in [6.45, 7) is 7.17. The fraction of sp³-hybridized carbons (Fsp3) is 0.562. The molecule has 0 N–H and O–H groups in total. The number of hydrogen-bond donors (Lipinski definition) is 0. The number of rotatable bonds is 6. The maximum absolute atomic E-state index is 11.8. The van der Waals surface area contributed by atoms with Gasteiger partial charge in [0, 0.05) is 11.4 Å². The largest absolute Gasteiger partial charge is 0.419 e. The number of alkyl halides is 1. The summed E-state index contributed by atoms with van der Waals surface area (Å²) in [6, 6.07) is 6.10. The fourth-order valence-corrected chi connectivity index (χ4v) is 3.70. The highest BCUT2D eigenvalue weighted by molar-refractivity contribution is 9.09. The molecule has 1 unspecified atom stereocenters. The van der Waals surface area contributed by atoms with Gasteiger partial charge in [0.2, 0.25) is 0 Å². The van der Waals surface area contributed by atoms with E-state index >= 15 is 0 Å². The summed E-state index contributed by atoms with van der Waals surface area (Å²) in [4.78, 5) is 12.1. The Morgan fingerprint density at radius 2 is 1.95 bits per heavy atom. The van der Waals surface area contributed by atoms with Crippen molar-refractivity contribution in [1.29, 1.82) is 0 Å². The molecule has 0 aliphatic rings. The van der Waals surface area contributed by atoms with Crippen LogP contribution in [0.25, 0.3) is 11.1 Å². The molecule has 20 heavy (non-hydrogen) atoms. The Balaban J connectivity index is 2.42. The normalized spacial score (nSPS) is 13.2. The minimum Gasteiger partial charge on any atom is -0.408 e. The zero-order valence-corrected chi connectivity index (χ0v) is 13.9. The van der Waals surface area contributed by atoms with Gasteiger partial charge in [0.05, 0.1) is 5.52 Å². The summed E-state index contributed by atoms with van der Waals surface area (Å²) in [5.74, 6) is 0.338. The van der Waals surface area contributed by atoms with Crippen molar-refractivity contribution in [3.8, 4) is 0 Å². The Kier molecular flexibility index (Phi) is 5.08. The van der Waals surface area contributed by atoms with Crippen LogP contribution >= 0.6 is 15.9 Å². The van der Waals surface area contributed by atoms with Gasteiger partial charge in [0.25, 0.3) is 0 Å². The minimum atomic E-state index is -0.257. The van der Waals surface area contributed by atoms with Crippen molar-refractivity contribution in [3.63, 3.8) is 0 Å². The zero-order chi connectivity index (χ0) is 14.7. The monoisotopic (exact) mass is 339 g/mol. The predicted molar refractivity (Wildman–Crippen MR) is 86.5 cm³/mol. The van der Waals surface area contributed by atoms with Crippen molar-refractivity contribution in [3.05, 3.63) is 34.3 Å². The maximum atomic E-state index is 11.8. The van der Waals surface area contributed by atoms with E-state index in [9.17, 15) is 4.79 Å².